The summed E-state index contributed by atoms with van der Waals surface area (Å²) in [5.74, 6) is 0. The van der Waals surface area contributed by atoms with Crippen LogP contribution in [0.15, 0.2) is 12.5 Å². The highest BCUT2D eigenvalue weighted by Gasteiger charge is 1.84. The second-order valence-corrected chi connectivity index (χ2v) is 1.45. The molecule has 0 aliphatic carbocycles. The van der Waals surface area contributed by atoms with Gasteiger partial charge in [0.15, 0.2) is 0 Å². The molecule has 0 radical (unpaired) electrons. The molecule has 0 N–H and O–H groups in total. The molecule has 0 aliphatic heterocycles. The molecule has 1 aromatic heterocycles. The minimum absolute atomic E-state index is 0.904. The summed E-state index contributed by atoms with van der Waals surface area (Å²) in [7, 11) is 0. The molecule has 1 heterocycles. The molecular weight excluding hydrogens is 102 g/mol. The Balaban J connectivity index is 2.83. The molecule has 0 saturated carbocycles. The molecule has 1 aromatic rings. The molecule has 0 bridgehead atoms. The van der Waals surface area contributed by atoms with Crippen LogP contribution in [0.4, 0.5) is 0 Å². The number of rotatable bonds is 1. The third-order valence-corrected chi connectivity index (χ3v) is 0.890. The van der Waals surface area contributed by atoms with Crippen LogP contribution in [0.2, 0.25) is 0 Å². The minimum atomic E-state index is 0.904. The van der Waals surface area contributed by atoms with E-state index < -0.39 is 0 Å². The van der Waals surface area contributed by atoms with Crippen LogP contribution in [0.1, 0.15) is 12.6 Å². The van der Waals surface area contributed by atoms with Crippen LogP contribution in [-0.2, 0) is 6.42 Å². The molecule has 42 valence electrons. The van der Waals surface area contributed by atoms with E-state index in [0.29, 0.717) is 0 Å². The van der Waals surface area contributed by atoms with Crippen LogP contribution in [-0.4, -0.2) is 15.2 Å². The monoisotopic (exact) mass is 109 g/mol. The molecule has 8 heavy (non-hydrogen) atoms. The normalized spacial score (nSPS) is 9.12. The average Bonchev–Trinajstić information content (AvgIpc) is 1.90. The van der Waals surface area contributed by atoms with Crippen molar-refractivity contribution >= 4 is 0 Å². The SMILES string of the molecule is CCc1cncnn1. The van der Waals surface area contributed by atoms with E-state index in [9.17, 15) is 0 Å². The van der Waals surface area contributed by atoms with Crippen LogP contribution in [0, 0.1) is 0 Å². The van der Waals surface area contributed by atoms with Gasteiger partial charge in [-0.25, -0.2) is 4.98 Å². The van der Waals surface area contributed by atoms with Gasteiger partial charge in [-0.2, -0.15) is 5.10 Å². The van der Waals surface area contributed by atoms with Crippen molar-refractivity contribution in [1.82, 2.24) is 15.2 Å². The highest BCUT2D eigenvalue weighted by atomic mass is 15.1. The minimum Gasteiger partial charge on any atom is -0.241 e. The lowest BCUT2D eigenvalue weighted by Gasteiger charge is -1.86. The Kier molecular flexibility index (Phi) is 1.51. The van der Waals surface area contributed by atoms with Gasteiger partial charge in [0.25, 0.3) is 0 Å². The lowest BCUT2D eigenvalue weighted by Crippen LogP contribution is -1.89. The first-order valence-corrected chi connectivity index (χ1v) is 2.55. The van der Waals surface area contributed by atoms with Gasteiger partial charge in [0.05, 0.1) is 11.9 Å². The second-order valence-electron chi connectivity index (χ2n) is 1.45. The molecule has 0 fully saturated rings. The largest absolute Gasteiger partial charge is 0.241 e. The van der Waals surface area contributed by atoms with Crippen molar-refractivity contribution in [3.05, 3.63) is 18.2 Å². The number of aryl methyl sites for hydroxylation is 1. The van der Waals surface area contributed by atoms with E-state index in [1.807, 2.05) is 6.92 Å². The summed E-state index contributed by atoms with van der Waals surface area (Å²) in [6.45, 7) is 2.02. The maximum atomic E-state index is 3.78. The fourth-order valence-corrected chi connectivity index (χ4v) is 0.437. The Morgan fingerprint density at radius 1 is 1.62 bits per heavy atom. The van der Waals surface area contributed by atoms with Crippen molar-refractivity contribution in [3.63, 3.8) is 0 Å². The first-order valence-electron chi connectivity index (χ1n) is 2.55. The van der Waals surface area contributed by atoms with E-state index in [1.54, 1.807) is 6.20 Å². The zero-order valence-corrected chi connectivity index (χ0v) is 4.70. The summed E-state index contributed by atoms with van der Waals surface area (Å²) >= 11 is 0. The number of aromatic nitrogens is 3. The summed E-state index contributed by atoms with van der Waals surface area (Å²) < 4.78 is 0. The molecule has 1 rings (SSSR count). The predicted molar refractivity (Wildman–Crippen MR) is 29.2 cm³/mol. The Labute approximate surface area is 47.8 Å². The van der Waals surface area contributed by atoms with E-state index in [-0.39, 0.29) is 0 Å². The van der Waals surface area contributed by atoms with Crippen LogP contribution >= 0.6 is 0 Å². The van der Waals surface area contributed by atoms with Crippen LogP contribution in [0.3, 0.4) is 0 Å². The van der Waals surface area contributed by atoms with Crippen molar-refractivity contribution in [3.8, 4) is 0 Å². The number of hydrogen-bond acceptors (Lipinski definition) is 3. The van der Waals surface area contributed by atoms with Gasteiger partial charge in [-0.05, 0) is 6.42 Å². The van der Waals surface area contributed by atoms with E-state index in [4.69, 9.17) is 0 Å². The third-order valence-electron chi connectivity index (χ3n) is 0.890. The van der Waals surface area contributed by atoms with Gasteiger partial charge >= 0.3 is 0 Å². The molecule has 0 spiro atoms. The quantitative estimate of drug-likeness (QED) is 0.525. The standard InChI is InChI=1S/C5H7N3/c1-2-5-3-6-4-7-8-5/h3-4H,2H2,1H3. The smallest absolute Gasteiger partial charge is 0.138 e. The molecule has 0 amide bonds. The third kappa shape index (κ3) is 0.992. The van der Waals surface area contributed by atoms with Crippen molar-refractivity contribution < 1.29 is 0 Å². The fourth-order valence-electron chi connectivity index (χ4n) is 0.437. The van der Waals surface area contributed by atoms with Gasteiger partial charge in [-0.3, -0.25) is 0 Å². The highest BCUT2D eigenvalue weighted by Crippen LogP contribution is 1.85. The highest BCUT2D eigenvalue weighted by molar-refractivity contribution is 4.88. The van der Waals surface area contributed by atoms with Crippen molar-refractivity contribution in [1.29, 1.82) is 0 Å². The molecule has 3 heteroatoms. The Morgan fingerprint density at radius 2 is 2.50 bits per heavy atom. The maximum Gasteiger partial charge on any atom is 0.138 e. The van der Waals surface area contributed by atoms with Gasteiger partial charge in [0.1, 0.15) is 6.33 Å². The zero-order chi connectivity index (χ0) is 5.82. The molecular formula is C5H7N3. The predicted octanol–water partition coefficient (Wildman–Crippen LogP) is 0.434. The van der Waals surface area contributed by atoms with Gasteiger partial charge in [-0.15, -0.1) is 5.10 Å². The summed E-state index contributed by atoms with van der Waals surface area (Å²) in [6.07, 6.45) is 4.05. The first kappa shape index (κ1) is 5.15. The van der Waals surface area contributed by atoms with E-state index in [2.05, 4.69) is 15.2 Å². The fraction of sp³-hybridized carbons (Fsp3) is 0.400. The summed E-state index contributed by atoms with van der Waals surface area (Å²) in [5.41, 5.74) is 0.938. The molecule has 0 aliphatic rings. The van der Waals surface area contributed by atoms with E-state index in [1.165, 1.54) is 6.33 Å². The lowest BCUT2D eigenvalue weighted by molar-refractivity contribution is 0.877. The van der Waals surface area contributed by atoms with Gasteiger partial charge in [0, 0.05) is 0 Å². The Hall–Kier alpha value is -0.990. The first-order chi connectivity index (χ1) is 3.93. The summed E-state index contributed by atoms with van der Waals surface area (Å²) in [6, 6.07) is 0. The average molecular weight is 109 g/mol. The van der Waals surface area contributed by atoms with Crippen LogP contribution in [0.25, 0.3) is 0 Å². The molecule has 0 unspecified atom stereocenters. The van der Waals surface area contributed by atoms with Crippen molar-refractivity contribution in [2.75, 3.05) is 0 Å². The number of hydrogen-bond donors (Lipinski definition) is 0. The summed E-state index contributed by atoms with van der Waals surface area (Å²) in [4.78, 5) is 3.78. The van der Waals surface area contributed by atoms with E-state index in [0.717, 1.165) is 12.1 Å². The Bertz CT molecular complexity index is 149. The molecule has 0 atom stereocenters. The van der Waals surface area contributed by atoms with Gasteiger partial charge in [0.2, 0.25) is 0 Å². The van der Waals surface area contributed by atoms with E-state index >= 15 is 0 Å². The Morgan fingerprint density at radius 3 is 2.88 bits per heavy atom. The van der Waals surface area contributed by atoms with Crippen molar-refractivity contribution in [2.24, 2.45) is 0 Å². The van der Waals surface area contributed by atoms with Crippen LogP contribution in [0.5, 0.6) is 0 Å². The van der Waals surface area contributed by atoms with Gasteiger partial charge in [-0.1, -0.05) is 6.92 Å². The maximum absolute atomic E-state index is 3.78. The van der Waals surface area contributed by atoms with Gasteiger partial charge < -0.3 is 0 Å². The zero-order valence-electron chi connectivity index (χ0n) is 4.70. The van der Waals surface area contributed by atoms with Crippen LogP contribution < -0.4 is 0 Å². The molecule has 0 saturated heterocycles. The number of nitrogens with zero attached hydrogens (tertiary/aromatic N) is 3. The lowest BCUT2D eigenvalue weighted by atomic mass is 10.4. The second kappa shape index (κ2) is 2.35. The molecule has 3 nitrogen and oxygen atoms in total. The summed E-state index contributed by atoms with van der Waals surface area (Å²) in [5, 5.41) is 7.38. The van der Waals surface area contributed by atoms with Crippen molar-refractivity contribution in [2.45, 2.75) is 13.3 Å². The molecule has 0 aromatic carbocycles. The topological polar surface area (TPSA) is 38.7 Å².